The highest BCUT2D eigenvalue weighted by atomic mass is 127. The van der Waals surface area contributed by atoms with Crippen molar-refractivity contribution < 1.29 is 19.1 Å². The maximum atomic E-state index is 13.7. The largest absolute Gasteiger partial charge is 0.497 e. The summed E-state index contributed by atoms with van der Waals surface area (Å²) in [4.78, 5) is 41.4. The number of rotatable bonds is 7. The predicted molar refractivity (Wildman–Crippen MR) is 142 cm³/mol. The molecule has 1 aliphatic rings. The third-order valence-corrected chi connectivity index (χ3v) is 6.88. The van der Waals surface area contributed by atoms with E-state index in [2.05, 4.69) is 33.2 Å². The van der Waals surface area contributed by atoms with Gasteiger partial charge in [0.15, 0.2) is 0 Å². The Morgan fingerprint density at radius 3 is 2.37 bits per heavy atom. The second kappa shape index (κ2) is 10.5. The highest BCUT2D eigenvalue weighted by Crippen LogP contribution is 2.32. The Morgan fingerprint density at radius 2 is 1.74 bits per heavy atom. The zero-order valence-corrected chi connectivity index (χ0v) is 21.8. The zero-order valence-electron chi connectivity index (χ0n) is 19.6. The molecule has 8 heteroatoms. The molecular formula is C27H26IN3O4. The van der Waals surface area contributed by atoms with Gasteiger partial charge in [-0.2, -0.15) is 0 Å². The van der Waals surface area contributed by atoms with Crippen LogP contribution in [0.1, 0.15) is 35.6 Å². The number of imide groups is 1. The molecule has 180 valence electrons. The SMILES string of the molecule is COc1ccc([C@H]2NC(=O)N(C(C(=O)Nc3ccc(I)cc3C)C(C)c3ccccc3)C2=O)cc1. The van der Waals surface area contributed by atoms with Crippen molar-refractivity contribution in [3.8, 4) is 5.75 Å². The summed E-state index contributed by atoms with van der Waals surface area (Å²) in [5.41, 5.74) is 3.00. The number of ether oxygens (including phenoxy) is 1. The molecule has 7 nitrogen and oxygen atoms in total. The van der Waals surface area contributed by atoms with Crippen LogP contribution in [0, 0.1) is 10.5 Å². The van der Waals surface area contributed by atoms with Crippen molar-refractivity contribution in [2.45, 2.75) is 31.8 Å². The van der Waals surface area contributed by atoms with Crippen LogP contribution in [0.15, 0.2) is 72.8 Å². The second-order valence-corrected chi connectivity index (χ2v) is 9.70. The van der Waals surface area contributed by atoms with Crippen LogP contribution >= 0.6 is 22.6 Å². The van der Waals surface area contributed by atoms with E-state index in [1.807, 2.05) is 62.4 Å². The first-order valence-electron chi connectivity index (χ1n) is 11.2. The van der Waals surface area contributed by atoms with Gasteiger partial charge in [0.25, 0.3) is 5.91 Å². The average Bonchev–Trinajstić information content (AvgIpc) is 3.15. The summed E-state index contributed by atoms with van der Waals surface area (Å²) < 4.78 is 6.23. The number of urea groups is 1. The number of hydrogen-bond acceptors (Lipinski definition) is 4. The fourth-order valence-electron chi connectivity index (χ4n) is 4.26. The van der Waals surface area contributed by atoms with Crippen molar-refractivity contribution in [3.63, 3.8) is 0 Å². The first-order chi connectivity index (χ1) is 16.8. The van der Waals surface area contributed by atoms with E-state index in [1.165, 1.54) is 0 Å². The standard InChI is InChI=1S/C27H26IN3O4/c1-16-15-20(28)11-14-22(16)29-25(32)24(17(2)18-7-5-4-6-8-18)31-26(33)23(30-27(31)34)19-9-12-21(35-3)13-10-19/h4-15,17,23-24H,1-3H3,(H,29,32)(H,30,34)/t17?,23-,24?/m1/s1. The molecule has 1 aliphatic heterocycles. The predicted octanol–water partition coefficient (Wildman–Crippen LogP) is 5.01. The Morgan fingerprint density at radius 1 is 1.06 bits per heavy atom. The number of amides is 4. The molecule has 0 radical (unpaired) electrons. The summed E-state index contributed by atoms with van der Waals surface area (Å²) in [5, 5.41) is 5.69. The Hall–Kier alpha value is -3.40. The average molecular weight is 583 g/mol. The highest BCUT2D eigenvalue weighted by Gasteiger charge is 2.47. The fraction of sp³-hybridized carbons (Fsp3) is 0.222. The third-order valence-electron chi connectivity index (χ3n) is 6.21. The quantitative estimate of drug-likeness (QED) is 0.303. The van der Waals surface area contributed by atoms with E-state index in [0.29, 0.717) is 17.0 Å². The van der Waals surface area contributed by atoms with Gasteiger partial charge in [-0.05, 0) is 76.5 Å². The van der Waals surface area contributed by atoms with Crippen LogP contribution in [0.3, 0.4) is 0 Å². The number of benzene rings is 3. The molecule has 3 aromatic carbocycles. The summed E-state index contributed by atoms with van der Waals surface area (Å²) in [6, 6.07) is 19.5. The molecule has 2 N–H and O–H groups in total. The molecule has 1 heterocycles. The van der Waals surface area contributed by atoms with E-state index in [9.17, 15) is 14.4 Å². The molecule has 35 heavy (non-hydrogen) atoms. The normalized spacial score (nSPS) is 17.0. The van der Waals surface area contributed by atoms with Crippen LogP contribution in [0.5, 0.6) is 5.75 Å². The summed E-state index contributed by atoms with van der Waals surface area (Å²) >= 11 is 2.21. The van der Waals surface area contributed by atoms with Gasteiger partial charge in [0.2, 0.25) is 5.91 Å². The Balaban J connectivity index is 1.68. The number of nitrogens with zero attached hydrogens (tertiary/aromatic N) is 1. The Bertz CT molecular complexity index is 1250. The summed E-state index contributed by atoms with van der Waals surface area (Å²) in [5.74, 6) is -0.693. The second-order valence-electron chi connectivity index (χ2n) is 8.46. The highest BCUT2D eigenvalue weighted by molar-refractivity contribution is 14.1. The van der Waals surface area contributed by atoms with Gasteiger partial charge >= 0.3 is 6.03 Å². The van der Waals surface area contributed by atoms with Crippen molar-refractivity contribution in [2.75, 3.05) is 12.4 Å². The van der Waals surface area contributed by atoms with Crippen molar-refractivity contribution in [2.24, 2.45) is 0 Å². The molecule has 0 aromatic heterocycles. The van der Waals surface area contributed by atoms with Crippen LogP contribution in [0.2, 0.25) is 0 Å². The topological polar surface area (TPSA) is 87.7 Å². The number of nitrogens with one attached hydrogen (secondary N) is 2. The maximum Gasteiger partial charge on any atom is 0.325 e. The lowest BCUT2D eigenvalue weighted by Crippen LogP contribution is -2.50. The van der Waals surface area contributed by atoms with E-state index in [-0.39, 0.29) is 0 Å². The van der Waals surface area contributed by atoms with Gasteiger partial charge in [0.1, 0.15) is 17.8 Å². The lowest BCUT2D eigenvalue weighted by atomic mass is 9.91. The van der Waals surface area contributed by atoms with Crippen molar-refractivity contribution >= 4 is 46.1 Å². The molecule has 2 unspecified atom stereocenters. The van der Waals surface area contributed by atoms with E-state index in [1.54, 1.807) is 31.4 Å². The van der Waals surface area contributed by atoms with E-state index < -0.39 is 35.8 Å². The number of anilines is 1. The molecule has 3 aromatic rings. The minimum absolute atomic E-state index is 0.426. The monoisotopic (exact) mass is 583 g/mol. The van der Waals surface area contributed by atoms with Crippen molar-refractivity contribution in [1.82, 2.24) is 10.2 Å². The van der Waals surface area contributed by atoms with Gasteiger partial charge in [0.05, 0.1) is 7.11 Å². The number of halogens is 1. The smallest absolute Gasteiger partial charge is 0.325 e. The van der Waals surface area contributed by atoms with Crippen LogP contribution in [-0.4, -0.2) is 35.9 Å². The first kappa shape index (κ1) is 24.7. The first-order valence-corrected chi connectivity index (χ1v) is 12.3. The number of carbonyl (C=O) groups is 3. The van der Waals surface area contributed by atoms with E-state index in [4.69, 9.17) is 4.74 Å². The lowest BCUT2D eigenvalue weighted by Gasteiger charge is -2.30. The molecule has 0 aliphatic carbocycles. The lowest BCUT2D eigenvalue weighted by molar-refractivity contribution is -0.134. The minimum Gasteiger partial charge on any atom is -0.497 e. The van der Waals surface area contributed by atoms with Crippen molar-refractivity contribution in [3.05, 3.63) is 93.1 Å². The molecule has 0 spiro atoms. The van der Waals surface area contributed by atoms with Gasteiger partial charge in [-0.25, -0.2) is 9.69 Å². The molecule has 0 saturated carbocycles. The third kappa shape index (κ3) is 5.17. The number of aryl methyl sites for hydroxylation is 1. The Labute approximate surface area is 218 Å². The van der Waals surface area contributed by atoms with Crippen LogP contribution in [-0.2, 0) is 9.59 Å². The molecule has 3 atom stereocenters. The van der Waals surface area contributed by atoms with Crippen LogP contribution < -0.4 is 15.4 Å². The minimum atomic E-state index is -1.05. The van der Waals surface area contributed by atoms with Gasteiger partial charge in [0, 0.05) is 15.2 Å². The van der Waals surface area contributed by atoms with E-state index >= 15 is 0 Å². The van der Waals surface area contributed by atoms with Gasteiger partial charge < -0.3 is 15.4 Å². The van der Waals surface area contributed by atoms with Gasteiger partial charge in [-0.1, -0.05) is 49.4 Å². The molecule has 0 bridgehead atoms. The molecule has 1 saturated heterocycles. The number of hydrogen-bond donors (Lipinski definition) is 2. The summed E-state index contributed by atoms with van der Waals surface area (Å²) in [7, 11) is 1.56. The molecule has 4 rings (SSSR count). The molecular weight excluding hydrogens is 557 g/mol. The molecule has 1 fully saturated rings. The van der Waals surface area contributed by atoms with Crippen LogP contribution in [0.25, 0.3) is 0 Å². The fourth-order valence-corrected chi connectivity index (χ4v) is 4.91. The van der Waals surface area contributed by atoms with Crippen LogP contribution in [0.4, 0.5) is 10.5 Å². The van der Waals surface area contributed by atoms with E-state index in [0.717, 1.165) is 19.6 Å². The van der Waals surface area contributed by atoms with Gasteiger partial charge in [-0.15, -0.1) is 0 Å². The molecule has 4 amide bonds. The maximum absolute atomic E-state index is 13.7. The van der Waals surface area contributed by atoms with Crippen molar-refractivity contribution in [1.29, 1.82) is 0 Å². The zero-order chi connectivity index (χ0) is 25.1. The summed E-state index contributed by atoms with van der Waals surface area (Å²) in [6.07, 6.45) is 0. The summed E-state index contributed by atoms with van der Waals surface area (Å²) in [6.45, 7) is 3.75. The van der Waals surface area contributed by atoms with Gasteiger partial charge in [-0.3, -0.25) is 9.59 Å². The number of carbonyl (C=O) groups excluding carboxylic acids is 3. The number of methoxy groups -OCH3 is 1. The Kier molecular flexibility index (Phi) is 7.39.